The topological polar surface area (TPSA) is 43.4 Å². The monoisotopic (exact) mass is 380 g/mol. The molecular formula is C25H32O3. The Morgan fingerprint density at radius 2 is 1.89 bits per heavy atom. The maximum atomic E-state index is 12.3. The molecule has 0 amide bonds. The van der Waals surface area contributed by atoms with Gasteiger partial charge < -0.3 is 4.74 Å². The molecule has 0 bridgehead atoms. The van der Waals surface area contributed by atoms with Crippen molar-refractivity contribution in [3.8, 4) is 0 Å². The van der Waals surface area contributed by atoms with E-state index in [-0.39, 0.29) is 17.0 Å². The minimum atomic E-state index is -0.117. The number of hydrogen-bond acceptors (Lipinski definition) is 3. The summed E-state index contributed by atoms with van der Waals surface area (Å²) in [6, 6.07) is 0. The number of ether oxygens (including phenoxy) is 1. The number of allylic oxidation sites excluding steroid dienone is 1. The normalized spacial score (nSPS) is 54.5. The molecule has 0 radical (unpaired) electrons. The van der Waals surface area contributed by atoms with Crippen molar-refractivity contribution in [3.63, 3.8) is 0 Å². The van der Waals surface area contributed by atoms with Crippen molar-refractivity contribution in [3.05, 3.63) is 11.6 Å². The van der Waals surface area contributed by atoms with Gasteiger partial charge in [0.2, 0.25) is 0 Å². The molecule has 0 aromatic rings. The first-order chi connectivity index (χ1) is 13.5. The molecule has 8 atom stereocenters. The van der Waals surface area contributed by atoms with E-state index < -0.39 is 0 Å². The summed E-state index contributed by atoms with van der Waals surface area (Å²) in [7, 11) is 0. The first kappa shape index (κ1) is 16.7. The second kappa shape index (κ2) is 4.95. The minimum Gasteiger partial charge on any atom is -0.458 e. The predicted molar refractivity (Wildman–Crippen MR) is 104 cm³/mol. The average Bonchev–Trinajstić information content (AvgIpc) is 3.60. The van der Waals surface area contributed by atoms with Crippen molar-refractivity contribution in [2.24, 2.45) is 46.3 Å². The second-order valence-corrected chi connectivity index (χ2v) is 11.5. The molecule has 2 spiro atoms. The molecule has 3 nitrogen and oxygen atoms in total. The molecule has 6 aliphatic carbocycles. The molecule has 7 aliphatic rings. The van der Waals surface area contributed by atoms with Crippen molar-refractivity contribution >= 4 is 11.8 Å². The van der Waals surface area contributed by atoms with Crippen LogP contribution in [-0.4, -0.2) is 17.4 Å². The summed E-state index contributed by atoms with van der Waals surface area (Å²) < 4.78 is 6.30. The number of ketones is 1. The lowest BCUT2D eigenvalue weighted by atomic mass is 9.46. The van der Waals surface area contributed by atoms with Crippen LogP contribution in [0.25, 0.3) is 0 Å². The van der Waals surface area contributed by atoms with E-state index in [9.17, 15) is 9.59 Å². The van der Waals surface area contributed by atoms with E-state index in [1.54, 1.807) is 5.57 Å². The molecule has 1 saturated heterocycles. The molecule has 1 heterocycles. The molecule has 3 heteroatoms. The van der Waals surface area contributed by atoms with Crippen LogP contribution >= 0.6 is 0 Å². The van der Waals surface area contributed by atoms with Crippen LogP contribution in [0.15, 0.2) is 11.6 Å². The molecule has 1 aliphatic heterocycles. The number of carbonyl (C=O) groups is 2. The molecular weight excluding hydrogens is 348 g/mol. The summed E-state index contributed by atoms with van der Waals surface area (Å²) >= 11 is 0. The zero-order valence-electron chi connectivity index (χ0n) is 17.0. The highest BCUT2D eigenvalue weighted by Gasteiger charge is 2.80. The van der Waals surface area contributed by atoms with E-state index in [1.807, 2.05) is 0 Å². The number of fused-ring (bicyclic) bond motifs is 10. The third-order valence-corrected chi connectivity index (χ3v) is 11.0. The van der Waals surface area contributed by atoms with Gasteiger partial charge in [0.25, 0.3) is 0 Å². The zero-order chi connectivity index (χ0) is 18.9. The van der Waals surface area contributed by atoms with Gasteiger partial charge in [-0.1, -0.05) is 12.5 Å². The van der Waals surface area contributed by atoms with Gasteiger partial charge in [0.05, 0.1) is 0 Å². The quantitative estimate of drug-likeness (QED) is 0.611. The van der Waals surface area contributed by atoms with Crippen LogP contribution in [0, 0.1) is 46.3 Å². The fraction of sp³-hybridized carbons (Fsp3) is 0.840. The first-order valence-corrected chi connectivity index (χ1v) is 12.0. The van der Waals surface area contributed by atoms with Gasteiger partial charge in [-0.15, -0.1) is 0 Å². The molecule has 0 aromatic heterocycles. The molecule has 0 aromatic carbocycles. The highest BCUT2D eigenvalue weighted by atomic mass is 16.6. The van der Waals surface area contributed by atoms with E-state index in [2.05, 4.69) is 13.0 Å². The van der Waals surface area contributed by atoms with Gasteiger partial charge in [-0.3, -0.25) is 9.59 Å². The lowest BCUT2D eigenvalue weighted by molar-refractivity contribution is -0.180. The molecule has 0 N–H and O–H groups in total. The van der Waals surface area contributed by atoms with Crippen LogP contribution < -0.4 is 0 Å². The zero-order valence-corrected chi connectivity index (χ0v) is 17.0. The van der Waals surface area contributed by atoms with E-state index in [4.69, 9.17) is 4.74 Å². The van der Waals surface area contributed by atoms with Gasteiger partial charge >= 0.3 is 5.97 Å². The predicted octanol–water partition coefficient (Wildman–Crippen LogP) is 4.84. The van der Waals surface area contributed by atoms with Gasteiger partial charge in [0.1, 0.15) is 5.60 Å². The fourth-order valence-corrected chi connectivity index (χ4v) is 9.92. The molecule has 7 rings (SSSR count). The van der Waals surface area contributed by atoms with Gasteiger partial charge in [-0.2, -0.15) is 0 Å². The van der Waals surface area contributed by atoms with Crippen molar-refractivity contribution < 1.29 is 14.3 Å². The molecule has 150 valence electrons. The number of hydrogen-bond donors (Lipinski definition) is 0. The average molecular weight is 381 g/mol. The van der Waals surface area contributed by atoms with Crippen molar-refractivity contribution in [2.75, 3.05) is 0 Å². The van der Waals surface area contributed by atoms with Crippen molar-refractivity contribution in [1.29, 1.82) is 0 Å². The Hall–Kier alpha value is -1.12. The smallest absolute Gasteiger partial charge is 0.306 e. The molecule has 28 heavy (non-hydrogen) atoms. The third-order valence-electron chi connectivity index (χ3n) is 11.0. The Labute approximate surface area is 167 Å². The van der Waals surface area contributed by atoms with Crippen LogP contribution in [0.3, 0.4) is 0 Å². The fourth-order valence-electron chi connectivity index (χ4n) is 9.92. The Morgan fingerprint density at radius 3 is 2.61 bits per heavy atom. The highest BCUT2D eigenvalue weighted by molar-refractivity contribution is 5.91. The summed E-state index contributed by atoms with van der Waals surface area (Å²) in [5, 5.41) is 0. The SMILES string of the molecule is CC[C@]12CCC3C(CC4(CC4)C4=CC(=O)CC[C@@H]43)C1[C@@H]1C[C@@H]1[C@@]21CCC(=O)O1. The number of rotatable bonds is 1. The van der Waals surface area contributed by atoms with Crippen LogP contribution in [-0.2, 0) is 14.3 Å². The summed E-state index contributed by atoms with van der Waals surface area (Å²) in [6.07, 6.45) is 14.6. The van der Waals surface area contributed by atoms with Gasteiger partial charge in [0.15, 0.2) is 5.78 Å². The van der Waals surface area contributed by atoms with Gasteiger partial charge in [0, 0.05) is 24.2 Å². The maximum absolute atomic E-state index is 12.3. The van der Waals surface area contributed by atoms with E-state index in [0.717, 1.165) is 42.9 Å². The Morgan fingerprint density at radius 1 is 1.04 bits per heavy atom. The van der Waals surface area contributed by atoms with Crippen LogP contribution in [0.2, 0.25) is 0 Å². The first-order valence-electron chi connectivity index (χ1n) is 12.0. The van der Waals surface area contributed by atoms with Gasteiger partial charge in [-0.05, 0) is 98.9 Å². The summed E-state index contributed by atoms with van der Waals surface area (Å²) in [5.74, 6) is 4.95. The third kappa shape index (κ3) is 1.72. The highest BCUT2D eigenvalue weighted by Crippen LogP contribution is 2.81. The van der Waals surface area contributed by atoms with E-state index in [1.165, 1.54) is 44.9 Å². The standard InChI is InChI=1S/C25H32O3/c1-2-24-7-5-15-16-4-3-14(26)11-19(16)23(9-10-23)13-18(15)22(24)17-12-20(17)25(24)8-6-21(27)28-25/h11,15-18,20,22H,2-10,12-13H2,1H3/t15?,16-,17-,18?,20+,22?,24+,25+/m1/s1. The lowest BCUT2D eigenvalue weighted by Crippen LogP contribution is -2.57. The van der Waals surface area contributed by atoms with Gasteiger partial charge in [-0.25, -0.2) is 0 Å². The van der Waals surface area contributed by atoms with Crippen molar-refractivity contribution in [1.82, 2.24) is 0 Å². The Balaban J connectivity index is 1.32. The number of carbonyl (C=O) groups excluding carboxylic acids is 2. The van der Waals surface area contributed by atoms with Crippen LogP contribution in [0.5, 0.6) is 0 Å². The summed E-state index contributed by atoms with van der Waals surface area (Å²) in [4.78, 5) is 24.5. The summed E-state index contributed by atoms with van der Waals surface area (Å²) in [5.41, 5.74) is 2.08. The maximum Gasteiger partial charge on any atom is 0.306 e. The minimum absolute atomic E-state index is 0.0690. The second-order valence-electron chi connectivity index (χ2n) is 11.5. The molecule has 6 fully saturated rings. The van der Waals surface area contributed by atoms with E-state index in [0.29, 0.717) is 29.5 Å². The van der Waals surface area contributed by atoms with Crippen molar-refractivity contribution in [2.45, 2.75) is 83.2 Å². The molecule has 5 saturated carbocycles. The summed E-state index contributed by atoms with van der Waals surface area (Å²) in [6.45, 7) is 2.38. The largest absolute Gasteiger partial charge is 0.458 e. The molecule has 3 unspecified atom stereocenters. The Kier molecular flexibility index (Phi) is 2.94. The Bertz CT molecular complexity index is 822. The van der Waals surface area contributed by atoms with Crippen LogP contribution in [0.1, 0.15) is 77.6 Å². The van der Waals surface area contributed by atoms with Crippen LogP contribution in [0.4, 0.5) is 0 Å². The van der Waals surface area contributed by atoms with E-state index >= 15 is 0 Å². The number of esters is 1. The lowest BCUT2D eigenvalue weighted by Gasteiger charge is -2.59.